The highest BCUT2D eigenvalue weighted by atomic mass is 16.5. The average Bonchev–Trinajstić information content (AvgIpc) is 3.47. The maximum atomic E-state index is 12.9. The summed E-state index contributed by atoms with van der Waals surface area (Å²) in [5.74, 6) is 1.89. The molecule has 0 unspecified atom stereocenters. The van der Waals surface area contributed by atoms with Crippen molar-refractivity contribution in [1.82, 2.24) is 15.6 Å². The predicted molar refractivity (Wildman–Crippen MR) is 139 cm³/mol. The molecule has 1 aliphatic carbocycles. The number of fused-ring (bicyclic) bond motifs is 2. The molecule has 1 aromatic heterocycles. The van der Waals surface area contributed by atoms with Gasteiger partial charge in [0.25, 0.3) is 5.91 Å². The van der Waals surface area contributed by atoms with E-state index in [0.29, 0.717) is 34.7 Å². The van der Waals surface area contributed by atoms with Gasteiger partial charge in [0, 0.05) is 72.1 Å². The SMILES string of the molecule is CNc1cc(Oc2ccnc(-c3ccc(C(=O)N[C@@H]4C[C@H]5C[C@@H]4CN5)c(C)c3)c2)ccc1C(C)=N. The van der Waals surface area contributed by atoms with Crippen LogP contribution in [0.5, 0.6) is 11.5 Å². The summed E-state index contributed by atoms with van der Waals surface area (Å²) in [6.07, 6.45) is 3.90. The monoisotopic (exact) mass is 469 g/mol. The molecular formula is C28H31N5O2. The van der Waals surface area contributed by atoms with E-state index < -0.39 is 0 Å². The molecule has 7 nitrogen and oxygen atoms in total. The van der Waals surface area contributed by atoms with E-state index in [2.05, 4.69) is 20.9 Å². The summed E-state index contributed by atoms with van der Waals surface area (Å²) in [5, 5.41) is 17.8. The normalized spacial score (nSPS) is 20.5. The Bertz CT molecular complexity index is 1290. The topological polar surface area (TPSA) is 99.1 Å². The van der Waals surface area contributed by atoms with Gasteiger partial charge in [-0.25, -0.2) is 0 Å². The first kappa shape index (κ1) is 23.1. The number of carbonyl (C=O) groups excluding carboxylic acids is 1. The van der Waals surface area contributed by atoms with E-state index >= 15 is 0 Å². The number of carbonyl (C=O) groups is 1. The van der Waals surface area contributed by atoms with E-state index in [0.717, 1.165) is 47.5 Å². The van der Waals surface area contributed by atoms with E-state index in [1.165, 1.54) is 0 Å². The van der Waals surface area contributed by atoms with E-state index in [-0.39, 0.29) is 11.9 Å². The lowest BCUT2D eigenvalue weighted by atomic mass is 10.00. The van der Waals surface area contributed by atoms with Gasteiger partial charge in [-0.15, -0.1) is 0 Å². The third-order valence-corrected chi connectivity index (χ3v) is 7.08. The molecule has 2 bridgehead atoms. The fourth-order valence-corrected chi connectivity index (χ4v) is 5.23. The second-order valence-corrected chi connectivity index (χ2v) is 9.51. The van der Waals surface area contributed by atoms with E-state index in [1.807, 2.05) is 62.5 Å². The van der Waals surface area contributed by atoms with Crippen molar-refractivity contribution in [2.45, 2.75) is 38.8 Å². The van der Waals surface area contributed by atoms with Gasteiger partial charge in [-0.2, -0.15) is 0 Å². The molecule has 2 fully saturated rings. The minimum Gasteiger partial charge on any atom is -0.457 e. The third-order valence-electron chi connectivity index (χ3n) is 7.08. The number of hydrogen-bond acceptors (Lipinski definition) is 6. The second kappa shape index (κ2) is 9.50. The minimum absolute atomic E-state index is 0.000545. The fourth-order valence-electron chi connectivity index (χ4n) is 5.23. The molecule has 4 N–H and O–H groups in total. The maximum absolute atomic E-state index is 12.9. The molecule has 1 aliphatic heterocycles. The Hall–Kier alpha value is -3.71. The standard InChI is InChI=1S/C28H31N5O2/c1-16-10-18(4-6-23(16)28(34)33-26-12-20-11-19(26)15-32-20)25-13-22(8-9-31-25)35-21-5-7-24(17(2)29)27(14-21)30-3/h4-10,13-14,19-20,26,29-30,32H,11-12,15H2,1-3H3,(H,33,34)/t19-,20-,26-/m1/s1. The average molecular weight is 470 g/mol. The molecule has 1 saturated carbocycles. The Labute approximate surface area is 205 Å². The highest BCUT2D eigenvalue weighted by Crippen LogP contribution is 2.32. The molecule has 0 spiro atoms. The Morgan fingerprint density at radius 1 is 1.09 bits per heavy atom. The van der Waals surface area contributed by atoms with Gasteiger partial charge < -0.3 is 26.1 Å². The van der Waals surface area contributed by atoms with Crippen LogP contribution in [0.2, 0.25) is 0 Å². The minimum atomic E-state index is 0.000545. The number of nitrogens with zero attached hydrogens (tertiary/aromatic N) is 1. The van der Waals surface area contributed by atoms with Crippen molar-refractivity contribution >= 4 is 17.3 Å². The molecule has 3 atom stereocenters. The second-order valence-electron chi connectivity index (χ2n) is 9.51. The van der Waals surface area contributed by atoms with Crippen molar-refractivity contribution in [3.63, 3.8) is 0 Å². The van der Waals surface area contributed by atoms with Gasteiger partial charge >= 0.3 is 0 Å². The van der Waals surface area contributed by atoms with Crippen LogP contribution < -0.4 is 20.7 Å². The third kappa shape index (κ3) is 4.77. The number of nitrogens with one attached hydrogen (secondary N) is 4. The van der Waals surface area contributed by atoms with Crippen molar-refractivity contribution in [1.29, 1.82) is 5.41 Å². The molecule has 180 valence electrons. The molecule has 5 rings (SSSR count). The first-order valence-corrected chi connectivity index (χ1v) is 12.1. The summed E-state index contributed by atoms with van der Waals surface area (Å²) in [6, 6.07) is 16.0. The van der Waals surface area contributed by atoms with Crippen LogP contribution in [-0.2, 0) is 0 Å². The van der Waals surface area contributed by atoms with Crippen LogP contribution in [-0.4, -0.2) is 42.3 Å². The highest BCUT2D eigenvalue weighted by Gasteiger charge is 2.40. The molecular weight excluding hydrogens is 438 g/mol. The van der Waals surface area contributed by atoms with Crippen molar-refractivity contribution in [3.8, 4) is 22.8 Å². The molecule has 2 aliphatic rings. The number of anilines is 1. The van der Waals surface area contributed by atoms with Gasteiger partial charge in [0.15, 0.2) is 0 Å². The summed E-state index contributed by atoms with van der Waals surface area (Å²) >= 11 is 0. The molecule has 2 aromatic carbocycles. The van der Waals surface area contributed by atoms with Crippen LogP contribution >= 0.6 is 0 Å². The molecule has 35 heavy (non-hydrogen) atoms. The van der Waals surface area contributed by atoms with E-state index in [1.54, 1.807) is 13.1 Å². The van der Waals surface area contributed by atoms with Crippen LogP contribution in [0.15, 0.2) is 54.7 Å². The molecule has 7 heteroatoms. The van der Waals surface area contributed by atoms with Crippen LogP contribution in [0.3, 0.4) is 0 Å². The summed E-state index contributed by atoms with van der Waals surface area (Å²) < 4.78 is 6.09. The Kier molecular flexibility index (Phi) is 6.26. The Morgan fingerprint density at radius 2 is 1.89 bits per heavy atom. The van der Waals surface area contributed by atoms with Gasteiger partial charge in [0.05, 0.1) is 5.69 Å². The van der Waals surface area contributed by atoms with Gasteiger partial charge in [-0.05, 0) is 68.5 Å². The summed E-state index contributed by atoms with van der Waals surface area (Å²) in [7, 11) is 1.83. The molecule has 1 saturated heterocycles. The Morgan fingerprint density at radius 3 is 2.57 bits per heavy atom. The Balaban J connectivity index is 1.31. The zero-order valence-electron chi connectivity index (χ0n) is 20.3. The first-order valence-electron chi connectivity index (χ1n) is 12.1. The van der Waals surface area contributed by atoms with Gasteiger partial charge in [-0.3, -0.25) is 9.78 Å². The van der Waals surface area contributed by atoms with Gasteiger partial charge in [0.2, 0.25) is 0 Å². The predicted octanol–water partition coefficient (Wildman–Crippen LogP) is 4.76. The first-order chi connectivity index (χ1) is 16.9. The number of pyridine rings is 1. The van der Waals surface area contributed by atoms with E-state index in [4.69, 9.17) is 10.1 Å². The van der Waals surface area contributed by atoms with Crippen molar-refractivity contribution < 1.29 is 9.53 Å². The fraction of sp³-hybridized carbons (Fsp3) is 0.321. The molecule has 1 amide bonds. The van der Waals surface area contributed by atoms with Crippen molar-refractivity contribution in [2.75, 3.05) is 18.9 Å². The summed E-state index contributed by atoms with van der Waals surface area (Å²) in [4.78, 5) is 17.5. The van der Waals surface area contributed by atoms with Crippen LogP contribution in [0.1, 0.15) is 41.3 Å². The lowest BCUT2D eigenvalue weighted by molar-refractivity contribution is 0.0924. The van der Waals surface area contributed by atoms with Crippen LogP contribution in [0.4, 0.5) is 5.69 Å². The summed E-state index contributed by atoms with van der Waals surface area (Å²) in [5.41, 5.74) is 5.51. The maximum Gasteiger partial charge on any atom is 0.251 e. The lowest BCUT2D eigenvalue weighted by Crippen LogP contribution is -2.44. The zero-order valence-corrected chi connectivity index (χ0v) is 20.3. The number of piperidine rings is 1. The highest BCUT2D eigenvalue weighted by molar-refractivity contribution is 6.01. The smallest absolute Gasteiger partial charge is 0.251 e. The van der Waals surface area contributed by atoms with Crippen LogP contribution in [0, 0.1) is 18.3 Å². The lowest BCUT2D eigenvalue weighted by Gasteiger charge is -2.24. The quantitative estimate of drug-likeness (QED) is 0.374. The van der Waals surface area contributed by atoms with Crippen molar-refractivity contribution in [3.05, 3.63) is 71.4 Å². The largest absolute Gasteiger partial charge is 0.457 e. The molecule has 2 heterocycles. The number of amides is 1. The van der Waals surface area contributed by atoms with Crippen LogP contribution in [0.25, 0.3) is 11.3 Å². The number of rotatable bonds is 7. The zero-order chi connectivity index (χ0) is 24.5. The van der Waals surface area contributed by atoms with Gasteiger partial charge in [-0.1, -0.05) is 6.07 Å². The van der Waals surface area contributed by atoms with Crippen molar-refractivity contribution in [2.24, 2.45) is 5.92 Å². The van der Waals surface area contributed by atoms with E-state index in [9.17, 15) is 4.79 Å². The number of benzene rings is 2. The molecule has 0 radical (unpaired) electrons. The number of aryl methyl sites for hydroxylation is 1. The number of aromatic nitrogens is 1. The molecule has 3 aromatic rings. The van der Waals surface area contributed by atoms with Gasteiger partial charge in [0.1, 0.15) is 11.5 Å². The summed E-state index contributed by atoms with van der Waals surface area (Å²) in [6.45, 7) is 4.73. The number of hydrogen-bond donors (Lipinski definition) is 4. The number of ether oxygens (including phenoxy) is 1.